The molecule has 4 aromatic rings. The zero-order chi connectivity index (χ0) is 17.1. The van der Waals surface area contributed by atoms with Gasteiger partial charge < -0.3 is 5.32 Å². The molecule has 0 spiro atoms. The van der Waals surface area contributed by atoms with E-state index in [4.69, 9.17) is 0 Å². The number of carbonyl (C=O) groups is 1. The molecule has 25 heavy (non-hydrogen) atoms. The van der Waals surface area contributed by atoms with Crippen molar-refractivity contribution in [1.29, 1.82) is 0 Å². The number of carbonyl (C=O) groups excluding carboxylic acids is 1. The maximum Gasteiger partial charge on any atom is 0.252 e. The quantitative estimate of drug-likeness (QED) is 0.587. The molecule has 0 aliphatic rings. The zero-order valence-electron chi connectivity index (χ0n) is 13.3. The highest BCUT2D eigenvalue weighted by Gasteiger charge is 2.18. The van der Waals surface area contributed by atoms with E-state index >= 15 is 0 Å². The van der Waals surface area contributed by atoms with Crippen LogP contribution in [-0.4, -0.2) is 30.9 Å². The van der Waals surface area contributed by atoms with Crippen LogP contribution in [0.2, 0.25) is 0 Å². The molecule has 1 unspecified atom stereocenters. The first-order chi connectivity index (χ1) is 12.3. The summed E-state index contributed by atoms with van der Waals surface area (Å²) < 4.78 is 1.70. The Morgan fingerprint density at radius 1 is 1.16 bits per heavy atom. The average molecular weight is 332 g/mol. The number of amides is 1. The van der Waals surface area contributed by atoms with Crippen LogP contribution < -0.4 is 5.32 Å². The number of nitrogens with one attached hydrogen (secondary N) is 2. The Labute approximate surface area is 143 Å². The van der Waals surface area contributed by atoms with Crippen LogP contribution in [0.3, 0.4) is 0 Å². The first-order valence-corrected chi connectivity index (χ1v) is 7.91. The van der Waals surface area contributed by atoms with Crippen LogP contribution in [0.1, 0.15) is 22.0 Å². The van der Waals surface area contributed by atoms with E-state index in [1.807, 2.05) is 42.5 Å². The van der Waals surface area contributed by atoms with E-state index in [9.17, 15) is 4.79 Å². The Kier molecular flexibility index (Phi) is 3.96. The van der Waals surface area contributed by atoms with Crippen molar-refractivity contribution in [2.75, 3.05) is 0 Å². The zero-order valence-corrected chi connectivity index (χ0v) is 13.3. The highest BCUT2D eigenvalue weighted by molar-refractivity contribution is 6.06. The van der Waals surface area contributed by atoms with Gasteiger partial charge in [0.1, 0.15) is 12.7 Å². The largest absolute Gasteiger partial charge is 0.343 e. The van der Waals surface area contributed by atoms with Crippen LogP contribution in [-0.2, 0) is 6.54 Å². The molecule has 1 amide bonds. The number of H-pyrrole nitrogens is 1. The van der Waals surface area contributed by atoms with Gasteiger partial charge in [0.25, 0.3) is 5.91 Å². The molecular formula is C18H16N6O. The Hall–Kier alpha value is -3.48. The van der Waals surface area contributed by atoms with Crippen LogP contribution in [0.25, 0.3) is 10.9 Å². The van der Waals surface area contributed by atoms with Crippen molar-refractivity contribution in [3.05, 3.63) is 78.5 Å². The lowest BCUT2D eigenvalue weighted by Crippen LogP contribution is -2.31. The number of rotatable bonds is 5. The minimum Gasteiger partial charge on any atom is -0.343 e. The molecule has 2 heterocycles. The molecule has 0 saturated carbocycles. The van der Waals surface area contributed by atoms with Crippen molar-refractivity contribution in [2.24, 2.45) is 0 Å². The Morgan fingerprint density at radius 2 is 2.04 bits per heavy atom. The summed E-state index contributed by atoms with van der Waals surface area (Å²) in [6, 6.07) is 15.1. The molecule has 0 aliphatic carbocycles. The van der Waals surface area contributed by atoms with Gasteiger partial charge >= 0.3 is 0 Å². The highest BCUT2D eigenvalue weighted by atomic mass is 16.1. The number of aromatic nitrogens is 5. The van der Waals surface area contributed by atoms with Gasteiger partial charge in [-0.05, 0) is 17.7 Å². The number of nitrogens with zero attached hydrogens (tertiary/aromatic N) is 4. The molecule has 2 aromatic heterocycles. The average Bonchev–Trinajstić information content (AvgIpc) is 3.33. The summed E-state index contributed by atoms with van der Waals surface area (Å²) in [5, 5.41) is 14.9. The standard InChI is InChI=1S/C18H16N6O/c25-18(14-7-4-8-16-15(14)9-20-23-16)22-17(10-24-12-19-11-21-24)13-5-2-1-3-6-13/h1-9,11-12,17H,10H2,(H,20,23)(H,22,25). The van der Waals surface area contributed by atoms with Crippen LogP contribution in [0.15, 0.2) is 67.4 Å². The molecule has 7 nitrogen and oxygen atoms in total. The predicted octanol–water partition coefficient (Wildman–Crippen LogP) is 2.33. The SMILES string of the molecule is O=C(NC(Cn1cncn1)c1ccccc1)c1cccc2[nH]ncc12. The maximum absolute atomic E-state index is 12.9. The van der Waals surface area contributed by atoms with E-state index in [2.05, 4.69) is 25.6 Å². The highest BCUT2D eigenvalue weighted by Crippen LogP contribution is 2.19. The summed E-state index contributed by atoms with van der Waals surface area (Å²) in [5.41, 5.74) is 2.43. The second kappa shape index (κ2) is 6.56. The van der Waals surface area contributed by atoms with E-state index in [0.717, 1.165) is 16.5 Å². The van der Waals surface area contributed by atoms with Gasteiger partial charge in [-0.15, -0.1) is 0 Å². The van der Waals surface area contributed by atoms with Gasteiger partial charge in [-0.1, -0.05) is 36.4 Å². The molecule has 2 aromatic carbocycles. The van der Waals surface area contributed by atoms with Gasteiger partial charge in [0.2, 0.25) is 0 Å². The third-order valence-electron chi connectivity index (χ3n) is 4.07. The lowest BCUT2D eigenvalue weighted by molar-refractivity contribution is 0.0933. The molecule has 2 N–H and O–H groups in total. The van der Waals surface area contributed by atoms with Crippen LogP contribution >= 0.6 is 0 Å². The number of hydrogen-bond donors (Lipinski definition) is 2. The third kappa shape index (κ3) is 3.12. The van der Waals surface area contributed by atoms with E-state index in [-0.39, 0.29) is 11.9 Å². The van der Waals surface area contributed by atoms with Crippen LogP contribution in [0.4, 0.5) is 0 Å². The molecule has 7 heteroatoms. The van der Waals surface area contributed by atoms with Crippen molar-refractivity contribution in [3.8, 4) is 0 Å². The Morgan fingerprint density at radius 3 is 2.84 bits per heavy atom. The van der Waals surface area contributed by atoms with Crippen molar-refractivity contribution >= 4 is 16.8 Å². The van der Waals surface area contributed by atoms with Gasteiger partial charge in [-0.2, -0.15) is 10.2 Å². The van der Waals surface area contributed by atoms with Crippen LogP contribution in [0.5, 0.6) is 0 Å². The number of benzene rings is 2. The van der Waals surface area contributed by atoms with Crippen molar-refractivity contribution in [3.63, 3.8) is 0 Å². The smallest absolute Gasteiger partial charge is 0.252 e. The second-order valence-corrected chi connectivity index (χ2v) is 5.69. The van der Waals surface area contributed by atoms with Gasteiger partial charge in [0, 0.05) is 5.39 Å². The first kappa shape index (κ1) is 15.1. The predicted molar refractivity (Wildman–Crippen MR) is 92.8 cm³/mol. The van der Waals surface area contributed by atoms with Gasteiger partial charge in [-0.25, -0.2) is 4.98 Å². The molecule has 124 valence electrons. The lowest BCUT2D eigenvalue weighted by Gasteiger charge is -2.19. The second-order valence-electron chi connectivity index (χ2n) is 5.69. The normalized spacial score (nSPS) is 12.2. The summed E-state index contributed by atoms with van der Waals surface area (Å²) in [6.45, 7) is 0.497. The Balaban J connectivity index is 1.64. The van der Waals surface area contributed by atoms with E-state index in [1.165, 1.54) is 6.33 Å². The van der Waals surface area contributed by atoms with Gasteiger partial charge in [0.15, 0.2) is 0 Å². The lowest BCUT2D eigenvalue weighted by atomic mass is 10.1. The third-order valence-corrected chi connectivity index (χ3v) is 4.07. The summed E-state index contributed by atoms with van der Waals surface area (Å²) in [4.78, 5) is 16.8. The first-order valence-electron chi connectivity index (χ1n) is 7.91. The Bertz CT molecular complexity index is 977. The minimum atomic E-state index is -0.224. The van der Waals surface area contributed by atoms with E-state index < -0.39 is 0 Å². The molecule has 4 rings (SSSR count). The number of aromatic amines is 1. The minimum absolute atomic E-state index is 0.152. The van der Waals surface area contributed by atoms with Crippen LogP contribution in [0, 0.1) is 0 Å². The van der Waals surface area contributed by atoms with E-state index in [1.54, 1.807) is 23.3 Å². The molecule has 0 bridgehead atoms. The topological polar surface area (TPSA) is 88.5 Å². The summed E-state index contributed by atoms with van der Waals surface area (Å²) >= 11 is 0. The molecular weight excluding hydrogens is 316 g/mol. The fraction of sp³-hybridized carbons (Fsp3) is 0.111. The maximum atomic E-state index is 12.9. The summed E-state index contributed by atoms with van der Waals surface area (Å²) in [5.74, 6) is -0.152. The van der Waals surface area contributed by atoms with Crippen molar-refractivity contribution in [1.82, 2.24) is 30.3 Å². The summed E-state index contributed by atoms with van der Waals surface area (Å²) in [6.07, 6.45) is 4.79. The fourth-order valence-corrected chi connectivity index (χ4v) is 2.84. The monoisotopic (exact) mass is 332 g/mol. The molecule has 0 saturated heterocycles. The number of hydrogen-bond acceptors (Lipinski definition) is 4. The molecule has 0 radical (unpaired) electrons. The van der Waals surface area contributed by atoms with Gasteiger partial charge in [-0.3, -0.25) is 14.6 Å². The van der Waals surface area contributed by atoms with Gasteiger partial charge in [0.05, 0.1) is 29.9 Å². The summed E-state index contributed by atoms with van der Waals surface area (Å²) in [7, 11) is 0. The van der Waals surface area contributed by atoms with Crippen molar-refractivity contribution in [2.45, 2.75) is 12.6 Å². The molecule has 0 fully saturated rings. The number of fused-ring (bicyclic) bond motifs is 1. The molecule has 0 aliphatic heterocycles. The fourth-order valence-electron chi connectivity index (χ4n) is 2.84. The van der Waals surface area contributed by atoms with Crippen molar-refractivity contribution < 1.29 is 4.79 Å². The molecule has 1 atom stereocenters. The van der Waals surface area contributed by atoms with E-state index in [0.29, 0.717) is 12.1 Å².